The minimum Gasteiger partial charge on any atom is -0.317 e. The molecule has 0 amide bonds. The van der Waals surface area contributed by atoms with Gasteiger partial charge in [-0.2, -0.15) is 0 Å². The van der Waals surface area contributed by atoms with Crippen LogP contribution in [0, 0.1) is 5.92 Å². The number of piperidine rings is 1. The van der Waals surface area contributed by atoms with Crippen LogP contribution in [0.4, 0.5) is 0 Å². The fourth-order valence-corrected chi connectivity index (χ4v) is 6.37. The van der Waals surface area contributed by atoms with E-state index in [0.29, 0.717) is 0 Å². The van der Waals surface area contributed by atoms with Crippen LogP contribution in [0.15, 0.2) is 48.6 Å². The topological polar surface area (TPSA) is 15.3 Å². The number of unbranched alkanes of at least 4 members (excludes halogenated alkanes) is 18. The summed E-state index contributed by atoms with van der Waals surface area (Å²) in [6.45, 7) is 11.0. The molecular weight excluding hydrogens is 532 g/mol. The predicted molar refractivity (Wildman–Crippen MR) is 201 cm³/mol. The minimum atomic E-state index is 0.922. The summed E-state index contributed by atoms with van der Waals surface area (Å²) in [6, 6.07) is 0. The zero-order valence-corrected chi connectivity index (χ0v) is 30.1. The lowest BCUT2D eigenvalue weighted by Gasteiger charge is -2.30. The van der Waals surface area contributed by atoms with Gasteiger partial charge >= 0.3 is 0 Å². The number of rotatable bonds is 32. The molecule has 0 bridgehead atoms. The number of hydrogen-bond donors (Lipinski definition) is 1. The summed E-state index contributed by atoms with van der Waals surface area (Å²) < 4.78 is 0. The molecule has 1 heterocycles. The van der Waals surface area contributed by atoms with Crippen molar-refractivity contribution in [3.05, 3.63) is 48.6 Å². The van der Waals surface area contributed by atoms with Crippen molar-refractivity contribution in [1.82, 2.24) is 10.2 Å². The molecule has 0 aromatic carbocycles. The largest absolute Gasteiger partial charge is 0.317 e. The van der Waals surface area contributed by atoms with E-state index in [1.165, 1.54) is 187 Å². The summed E-state index contributed by atoms with van der Waals surface area (Å²) >= 11 is 0. The van der Waals surface area contributed by atoms with E-state index in [1.807, 2.05) is 0 Å². The van der Waals surface area contributed by atoms with Gasteiger partial charge in [0.05, 0.1) is 0 Å². The van der Waals surface area contributed by atoms with Gasteiger partial charge in [0.25, 0.3) is 0 Å². The third-order valence-electron chi connectivity index (χ3n) is 9.33. The maximum Gasteiger partial charge on any atom is 0.00106 e. The summed E-state index contributed by atoms with van der Waals surface area (Å²) in [5.74, 6) is 0.922. The van der Waals surface area contributed by atoms with E-state index in [9.17, 15) is 0 Å². The van der Waals surface area contributed by atoms with Crippen molar-refractivity contribution >= 4 is 0 Å². The first-order valence-corrected chi connectivity index (χ1v) is 19.9. The molecule has 0 spiro atoms. The second-order valence-corrected chi connectivity index (χ2v) is 13.7. The highest BCUT2D eigenvalue weighted by atomic mass is 15.1. The molecule has 0 unspecified atom stereocenters. The Morgan fingerprint density at radius 3 is 1.23 bits per heavy atom. The second-order valence-electron chi connectivity index (χ2n) is 13.7. The zero-order chi connectivity index (χ0) is 31.4. The highest BCUT2D eigenvalue weighted by Gasteiger charge is 2.16. The maximum atomic E-state index is 3.56. The van der Waals surface area contributed by atoms with E-state index in [2.05, 4.69) is 72.7 Å². The number of hydrogen-bond acceptors (Lipinski definition) is 2. The Balaban J connectivity index is 2.04. The smallest absolute Gasteiger partial charge is 0.00106 e. The Hall–Kier alpha value is -1.12. The van der Waals surface area contributed by atoms with Crippen LogP contribution in [-0.4, -0.2) is 37.6 Å². The number of nitrogens with one attached hydrogen (secondary N) is 1. The normalized spacial score (nSPS) is 15.0. The lowest BCUT2D eigenvalue weighted by molar-refractivity contribution is 0.198. The lowest BCUT2D eigenvalue weighted by atomic mass is 9.97. The van der Waals surface area contributed by atoms with Gasteiger partial charge in [0.1, 0.15) is 0 Å². The number of nitrogens with zero attached hydrogens (tertiary/aromatic N) is 1. The summed E-state index contributed by atoms with van der Waals surface area (Å²) in [7, 11) is 0. The predicted octanol–water partition coefficient (Wildman–Crippen LogP) is 12.9. The Bertz CT molecular complexity index is 621. The van der Waals surface area contributed by atoms with Crippen LogP contribution < -0.4 is 5.32 Å². The van der Waals surface area contributed by atoms with Crippen LogP contribution in [-0.2, 0) is 0 Å². The first kappa shape index (κ1) is 40.9. The van der Waals surface area contributed by atoms with Crippen molar-refractivity contribution in [3.63, 3.8) is 0 Å². The standard InChI is InChI=1S/C42H78N2/c1-3-5-7-9-11-13-15-17-19-21-23-25-27-29-31-33-39-44(41-42-35-37-43-38-36-42)40-34-32-30-28-26-24-22-20-18-16-14-12-10-8-6-4-2/h11-14,17-20,42-43H,3-10,15-16,21-41H2,1-2H3/b13-11-,14-12-,19-17-,20-18-. The molecule has 1 aliphatic heterocycles. The summed E-state index contributed by atoms with van der Waals surface area (Å²) in [6.07, 6.45) is 54.0. The molecular formula is C42H78N2. The van der Waals surface area contributed by atoms with Crippen LogP contribution in [0.2, 0.25) is 0 Å². The van der Waals surface area contributed by atoms with Crippen molar-refractivity contribution in [3.8, 4) is 0 Å². The third-order valence-corrected chi connectivity index (χ3v) is 9.33. The van der Waals surface area contributed by atoms with Gasteiger partial charge in [-0.15, -0.1) is 0 Å². The van der Waals surface area contributed by atoms with E-state index in [1.54, 1.807) is 0 Å². The van der Waals surface area contributed by atoms with Gasteiger partial charge in [0.2, 0.25) is 0 Å². The van der Waals surface area contributed by atoms with Gasteiger partial charge in [0, 0.05) is 6.54 Å². The van der Waals surface area contributed by atoms with Crippen LogP contribution in [0.25, 0.3) is 0 Å². The van der Waals surface area contributed by atoms with Gasteiger partial charge in [-0.1, -0.05) is 140 Å². The van der Waals surface area contributed by atoms with E-state index >= 15 is 0 Å². The monoisotopic (exact) mass is 611 g/mol. The molecule has 1 rings (SSSR count). The van der Waals surface area contributed by atoms with Crippen molar-refractivity contribution in [2.24, 2.45) is 5.92 Å². The van der Waals surface area contributed by atoms with Crippen LogP contribution >= 0.6 is 0 Å². The molecule has 1 fully saturated rings. The average Bonchev–Trinajstić information content (AvgIpc) is 3.04. The van der Waals surface area contributed by atoms with Gasteiger partial charge in [-0.3, -0.25) is 0 Å². The molecule has 2 heteroatoms. The highest BCUT2D eigenvalue weighted by molar-refractivity contribution is 4.93. The third kappa shape index (κ3) is 29.6. The molecule has 1 N–H and O–H groups in total. The fraction of sp³-hybridized carbons (Fsp3) is 0.810. The SMILES string of the molecule is CCCCC/C=C\C/C=C\CCCCCCCCN(CCCCCCCC/C=C\C/C=C\CCCCC)CC1CCNCC1. The highest BCUT2D eigenvalue weighted by Crippen LogP contribution is 2.16. The molecule has 0 aromatic rings. The maximum absolute atomic E-state index is 3.56. The molecule has 0 aromatic heterocycles. The second kappa shape index (κ2) is 34.7. The van der Waals surface area contributed by atoms with Gasteiger partial charge in [0.15, 0.2) is 0 Å². The van der Waals surface area contributed by atoms with E-state index < -0.39 is 0 Å². The summed E-state index contributed by atoms with van der Waals surface area (Å²) in [5, 5.41) is 3.56. The van der Waals surface area contributed by atoms with Crippen LogP contribution in [0.5, 0.6) is 0 Å². The Morgan fingerprint density at radius 2 is 0.818 bits per heavy atom. The van der Waals surface area contributed by atoms with Crippen molar-refractivity contribution < 1.29 is 0 Å². The van der Waals surface area contributed by atoms with E-state index in [4.69, 9.17) is 0 Å². The Kier molecular flexibility index (Phi) is 32.3. The molecule has 2 nitrogen and oxygen atoms in total. The molecule has 0 saturated carbocycles. The fourth-order valence-electron chi connectivity index (χ4n) is 6.37. The average molecular weight is 611 g/mol. The molecule has 0 radical (unpaired) electrons. The Morgan fingerprint density at radius 1 is 0.455 bits per heavy atom. The molecule has 0 aliphatic carbocycles. The van der Waals surface area contributed by atoms with E-state index in [-0.39, 0.29) is 0 Å². The van der Waals surface area contributed by atoms with Crippen LogP contribution in [0.1, 0.15) is 181 Å². The quantitative estimate of drug-likeness (QED) is 0.0602. The molecule has 44 heavy (non-hydrogen) atoms. The van der Waals surface area contributed by atoms with Crippen LogP contribution in [0.3, 0.4) is 0 Å². The summed E-state index contributed by atoms with van der Waals surface area (Å²) in [5.41, 5.74) is 0. The zero-order valence-electron chi connectivity index (χ0n) is 30.1. The minimum absolute atomic E-state index is 0.922. The van der Waals surface area contributed by atoms with E-state index in [0.717, 1.165) is 18.8 Å². The Labute approximate surface area is 277 Å². The number of allylic oxidation sites excluding steroid dienone is 8. The molecule has 0 atom stereocenters. The van der Waals surface area contributed by atoms with Crippen molar-refractivity contribution in [1.29, 1.82) is 0 Å². The van der Waals surface area contributed by atoms with Gasteiger partial charge in [-0.25, -0.2) is 0 Å². The summed E-state index contributed by atoms with van der Waals surface area (Å²) in [4.78, 5) is 2.85. The van der Waals surface area contributed by atoms with Gasteiger partial charge in [-0.05, 0) is 122 Å². The first-order valence-electron chi connectivity index (χ1n) is 19.9. The lowest BCUT2D eigenvalue weighted by Crippen LogP contribution is -2.37. The van der Waals surface area contributed by atoms with Crippen molar-refractivity contribution in [2.45, 2.75) is 181 Å². The molecule has 1 saturated heterocycles. The molecule has 1 aliphatic rings. The van der Waals surface area contributed by atoms with Gasteiger partial charge < -0.3 is 10.2 Å². The first-order chi connectivity index (χ1) is 21.9. The van der Waals surface area contributed by atoms with Crippen molar-refractivity contribution in [2.75, 3.05) is 32.7 Å². The molecule has 256 valence electrons.